The lowest BCUT2D eigenvalue weighted by atomic mass is 10.1. The Labute approximate surface area is 168 Å². The third-order valence-corrected chi connectivity index (χ3v) is 4.48. The van der Waals surface area contributed by atoms with Crippen molar-refractivity contribution in [3.05, 3.63) is 53.6 Å². The zero-order valence-electron chi connectivity index (χ0n) is 16.7. The number of para-hydroxylation sites is 1. The molecule has 6 nitrogen and oxygen atoms in total. The van der Waals surface area contributed by atoms with E-state index in [9.17, 15) is 18.4 Å². The van der Waals surface area contributed by atoms with Crippen molar-refractivity contribution in [3.63, 3.8) is 0 Å². The Bertz CT molecular complexity index is 874. The molecule has 0 fully saturated rings. The Morgan fingerprint density at radius 2 is 1.83 bits per heavy atom. The van der Waals surface area contributed by atoms with Crippen LogP contribution in [0.25, 0.3) is 0 Å². The van der Waals surface area contributed by atoms with E-state index in [1.54, 1.807) is 55.3 Å². The van der Waals surface area contributed by atoms with Gasteiger partial charge in [0.05, 0.1) is 18.8 Å². The molecular weight excluding hydrogens is 382 g/mol. The van der Waals surface area contributed by atoms with E-state index < -0.39 is 12.7 Å². The van der Waals surface area contributed by atoms with Crippen LogP contribution in [0.1, 0.15) is 29.8 Å². The van der Waals surface area contributed by atoms with E-state index in [4.69, 9.17) is 4.74 Å². The number of nitrogens with one attached hydrogen (secondary N) is 1. The van der Waals surface area contributed by atoms with E-state index in [0.29, 0.717) is 17.8 Å². The normalized spacial score (nSPS) is 12.0. The van der Waals surface area contributed by atoms with Gasteiger partial charge in [-0.3, -0.25) is 14.5 Å². The Morgan fingerprint density at radius 3 is 2.45 bits per heavy atom. The third kappa shape index (κ3) is 5.99. The van der Waals surface area contributed by atoms with Crippen molar-refractivity contribution in [2.45, 2.75) is 33.0 Å². The first kappa shape index (κ1) is 22.3. The molecule has 0 aliphatic rings. The summed E-state index contributed by atoms with van der Waals surface area (Å²) in [5.74, 6) is -0.282. The molecule has 1 N–H and O–H groups in total. The van der Waals surface area contributed by atoms with Crippen molar-refractivity contribution >= 4 is 17.4 Å². The van der Waals surface area contributed by atoms with Gasteiger partial charge in [-0.25, -0.2) is 0 Å². The van der Waals surface area contributed by atoms with Crippen LogP contribution in [-0.4, -0.2) is 43.4 Å². The molecule has 0 spiro atoms. The van der Waals surface area contributed by atoms with E-state index in [-0.39, 0.29) is 23.2 Å². The van der Waals surface area contributed by atoms with E-state index in [2.05, 4.69) is 10.1 Å². The van der Waals surface area contributed by atoms with Crippen molar-refractivity contribution in [3.8, 4) is 11.5 Å². The van der Waals surface area contributed by atoms with Gasteiger partial charge < -0.3 is 14.8 Å². The van der Waals surface area contributed by atoms with Crippen LogP contribution in [0.2, 0.25) is 0 Å². The molecule has 0 aliphatic heterocycles. The number of Topliss-reactive ketones (excluding diaryl/α,β-unsaturated/α-hetero) is 1. The molecule has 0 aromatic heterocycles. The van der Waals surface area contributed by atoms with Crippen molar-refractivity contribution < 1.29 is 27.8 Å². The van der Waals surface area contributed by atoms with Crippen molar-refractivity contribution in [2.75, 3.05) is 19.5 Å². The maximum absolute atomic E-state index is 12.6. The minimum absolute atomic E-state index is 0.0551. The highest BCUT2D eigenvalue weighted by atomic mass is 19.3. The van der Waals surface area contributed by atoms with Gasteiger partial charge >= 0.3 is 6.61 Å². The van der Waals surface area contributed by atoms with Crippen LogP contribution in [0.5, 0.6) is 11.5 Å². The summed E-state index contributed by atoms with van der Waals surface area (Å²) in [5, 5.41) is 2.78. The fourth-order valence-corrected chi connectivity index (χ4v) is 2.77. The molecule has 156 valence electrons. The molecule has 0 heterocycles. The number of amides is 1. The van der Waals surface area contributed by atoms with E-state index in [0.717, 1.165) is 5.56 Å². The zero-order valence-corrected chi connectivity index (χ0v) is 16.7. The van der Waals surface area contributed by atoms with Gasteiger partial charge in [-0.05, 0) is 50.7 Å². The molecule has 1 amide bonds. The van der Waals surface area contributed by atoms with Crippen LogP contribution in [0.4, 0.5) is 14.5 Å². The maximum Gasteiger partial charge on any atom is 0.387 e. The summed E-state index contributed by atoms with van der Waals surface area (Å²) in [6.45, 7) is 0.597. The highest BCUT2D eigenvalue weighted by molar-refractivity contribution is 6.04. The first-order valence-corrected chi connectivity index (χ1v) is 8.95. The number of likely N-dealkylation sites (N-methyl/N-ethyl adjacent to an activating group) is 1. The topological polar surface area (TPSA) is 67.9 Å². The van der Waals surface area contributed by atoms with Gasteiger partial charge in [-0.2, -0.15) is 8.78 Å². The number of alkyl halides is 2. The molecule has 2 rings (SSSR count). The predicted molar refractivity (Wildman–Crippen MR) is 106 cm³/mol. The number of anilines is 1. The molecule has 0 aliphatic carbocycles. The second kappa shape index (κ2) is 9.97. The lowest BCUT2D eigenvalue weighted by molar-refractivity contribution is -0.120. The fourth-order valence-electron chi connectivity index (χ4n) is 2.77. The van der Waals surface area contributed by atoms with Crippen LogP contribution in [0.15, 0.2) is 42.5 Å². The quantitative estimate of drug-likeness (QED) is 0.639. The summed E-state index contributed by atoms with van der Waals surface area (Å²) in [6.07, 6.45) is 0. The maximum atomic E-state index is 12.6. The predicted octanol–water partition coefficient (Wildman–Crippen LogP) is 3.96. The molecular formula is C21H24F2N2O4. The molecule has 0 saturated heterocycles. The summed E-state index contributed by atoms with van der Waals surface area (Å²) in [7, 11) is 3.13. The smallest absolute Gasteiger partial charge is 0.387 e. The number of ether oxygens (including phenoxy) is 2. The molecule has 1 atom stereocenters. The van der Waals surface area contributed by atoms with Crippen LogP contribution in [0.3, 0.4) is 0 Å². The first-order chi connectivity index (χ1) is 13.7. The van der Waals surface area contributed by atoms with E-state index >= 15 is 0 Å². The van der Waals surface area contributed by atoms with Gasteiger partial charge in [-0.1, -0.05) is 18.2 Å². The molecule has 2 aromatic carbocycles. The largest absolute Gasteiger partial charge is 0.493 e. The van der Waals surface area contributed by atoms with Crippen LogP contribution in [0, 0.1) is 0 Å². The lowest BCUT2D eigenvalue weighted by Crippen LogP contribution is -2.39. The van der Waals surface area contributed by atoms with Crippen LogP contribution < -0.4 is 14.8 Å². The molecule has 0 radical (unpaired) electrons. The van der Waals surface area contributed by atoms with E-state index in [1.165, 1.54) is 20.1 Å². The number of ketones is 1. The van der Waals surface area contributed by atoms with Gasteiger partial charge in [0.15, 0.2) is 17.3 Å². The number of carbonyl (C=O) groups excluding carboxylic acids is 2. The third-order valence-electron chi connectivity index (χ3n) is 4.48. The number of hydrogen-bond acceptors (Lipinski definition) is 5. The molecule has 2 aromatic rings. The number of benzene rings is 2. The van der Waals surface area contributed by atoms with E-state index in [1.807, 2.05) is 0 Å². The summed E-state index contributed by atoms with van der Waals surface area (Å²) in [5.41, 5.74) is 1.66. The number of nitrogens with zero attached hydrogens (tertiary/aromatic N) is 1. The number of carbonyl (C=O) groups is 2. The second-order valence-electron chi connectivity index (χ2n) is 6.55. The second-order valence-corrected chi connectivity index (χ2v) is 6.55. The summed E-state index contributed by atoms with van der Waals surface area (Å²) < 4.78 is 34.4. The summed E-state index contributed by atoms with van der Waals surface area (Å²) >= 11 is 0. The van der Waals surface area contributed by atoms with Gasteiger partial charge in [0.1, 0.15) is 0 Å². The number of methoxy groups -OCH3 is 1. The van der Waals surface area contributed by atoms with Crippen molar-refractivity contribution in [2.24, 2.45) is 0 Å². The van der Waals surface area contributed by atoms with Gasteiger partial charge in [-0.15, -0.1) is 0 Å². The molecule has 0 bridgehead atoms. The molecule has 0 unspecified atom stereocenters. The first-order valence-electron chi connectivity index (χ1n) is 8.95. The summed E-state index contributed by atoms with van der Waals surface area (Å²) in [4.78, 5) is 26.1. The van der Waals surface area contributed by atoms with Gasteiger partial charge in [0, 0.05) is 12.1 Å². The molecule has 0 saturated carbocycles. The zero-order chi connectivity index (χ0) is 21.6. The minimum Gasteiger partial charge on any atom is -0.493 e. The van der Waals surface area contributed by atoms with Crippen LogP contribution >= 0.6 is 0 Å². The highest BCUT2D eigenvalue weighted by Gasteiger charge is 2.20. The number of hydrogen-bond donors (Lipinski definition) is 1. The number of rotatable bonds is 9. The number of halogens is 2. The monoisotopic (exact) mass is 406 g/mol. The van der Waals surface area contributed by atoms with Crippen molar-refractivity contribution in [1.29, 1.82) is 0 Å². The van der Waals surface area contributed by atoms with Crippen LogP contribution in [-0.2, 0) is 11.3 Å². The summed E-state index contributed by atoms with van der Waals surface area (Å²) in [6, 6.07) is 10.9. The Morgan fingerprint density at radius 1 is 1.14 bits per heavy atom. The highest BCUT2D eigenvalue weighted by Crippen LogP contribution is 2.30. The molecule has 29 heavy (non-hydrogen) atoms. The average molecular weight is 406 g/mol. The van der Waals surface area contributed by atoms with Crippen molar-refractivity contribution in [1.82, 2.24) is 4.90 Å². The van der Waals surface area contributed by atoms with Gasteiger partial charge in [0.25, 0.3) is 0 Å². The molecule has 8 heteroatoms. The minimum atomic E-state index is -2.95. The fraction of sp³-hybridized carbons (Fsp3) is 0.333. The lowest BCUT2D eigenvalue weighted by Gasteiger charge is -2.24. The SMILES string of the molecule is COc1cc(CN(C)[C@H](C)C(=O)Nc2ccccc2C(C)=O)ccc1OC(F)F. The standard InChI is InChI=1S/C21H24F2N2O4/c1-13(20(27)24-17-8-6-5-7-16(17)14(2)26)25(3)12-15-9-10-18(29-21(22)23)19(11-15)28-4/h5-11,13,21H,12H2,1-4H3,(H,24,27)/t13-/m1/s1. The Kier molecular flexibility index (Phi) is 7.67. The Hall–Kier alpha value is -3.00. The average Bonchev–Trinajstić information content (AvgIpc) is 2.68. The Balaban J connectivity index is 2.07. The van der Waals surface area contributed by atoms with Gasteiger partial charge in [0.2, 0.25) is 5.91 Å².